The molecule has 6 nitrogen and oxygen atoms in total. The van der Waals surface area contributed by atoms with Crippen molar-refractivity contribution in [3.8, 4) is 0 Å². The highest BCUT2D eigenvalue weighted by Crippen LogP contribution is 2.25. The van der Waals surface area contributed by atoms with Crippen molar-refractivity contribution in [1.29, 1.82) is 0 Å². The van der Waals surface area contributed by atoms with Crippen molar-refractivity contribution >= 4 is 33.0 Å². The second kappa shape index (κ2) is 8.46. The zero-order valence-electron chi connectivity index (χ0n) is 14.4. The summed E-state index contributed by atoms with van der Waals surface area (Å²) in [5.74, 6) is -0.195. The van der Waals surface area contributed by atoms with Crippen LogP contribution >= 0.6 is 11.3 Å². The molecule has 0 bridgehead atoms. The predicted molar refractivity (Wildman–Crippen MR) is 101 cm³/mol. The Balaban J connectivity index is 1.95. The van der Waals surface area contributed by atoms with Crippen LogP contribution in [0.25, 0.3) is 0 Å². The number of anilines is 1. The van der Waals surface area contributed by atoms with Crippen LogP contribution in [-0.4, -0.2) is 38.3 Å². The van der Waals surface area contributed by atoms with Crippen molar-refractivity contribution in [1.82, 2.24) is 9.62 Å². The summed E-state index contributed by atoms with van der Waals surface area (Å²) in [6.07, 6.45) is 0.576. The Labute approximate surface area is 152 Å². The molecule has 136 valence electrons. The van der Waals surface area contributed by atoms with E-state index in [2.05, 4.69) is 5.32 Å². The number of nitrogen functional groups attached to an aromatic ring is 1. The number of nitrogens with zero attached hydrogens (tertiary/aromatic N) is 1. The molecule has 1 aromatic carbocycles. The fraction of sp³-hybridized carbons (Fsp3) is 0.353. The maximum atomic E-state index is 12.5. The summed E-state index contributed by atoms with van der Waals surface area (Å²) in [5.41, 5.74) is 6.72. The molecule has 0 aliphatic carbocycles. The van der Waals surface area contributed by atoms with Crippen LogP contribution in [0.5, 0.6) is 0 Å². The van der Waals surface area contributed by atoms with Crippen LogP contribution < -0.4 is 11.1 Å². The Hall–Kier alpha value is -1.90. The van der Waals surface area contributed by atoms with Gasteiger partial charge in [-0.3, -0.25) is 4.79 Å². The molecule has 1 heterocycles. The smallest absolute Gasteiger partial charge is 0.252 e. The Morgan fingerprint density at radius 2 is 1.92 bits per heavy atom. The van der Waals surface area contributed by atoms with E-state index in [1.807, 2.05) is 13.8 Å². The van der Waals surface area contributed by atoms with Crippen LogP contribution in [0.15, 0.2) is 40.6 Å². The van der Waals surface area contributed by atoms with E-state index in [0.29, 0.717) is 41.5 Å². The number of carbonyl (C=O) groups excluding carboxylic acids is 1. The lowest BCUT2D eigenvalue weighted by Crippen LogP contribution is -2.29. The van der Waals surface area contributed by atoms with E-state index < -0.39 is 10.0 Å². The predicted octanol–water partition coefficient (Wildman–Crippen LogP) is 2.33. The Kier molecular flexibility index (Phi) is 6.57. The summed E-state index contributed by atoms with van der Waals surface area (Å²) >= 11 is 1.25. The maximum Gasteiger partial charge on any atom is 0.252 e. The van der Waals surface area contributed by atoms with E-state index in [4.69, 9.17) is 5.73 Å². The van der Waals surface area contributed by atoms with Gasteiger partial charge < -0.3 is 11.1 Å². The lowest BCUT2D eigenvalue weighted by Gasteiger charge is -2.16. The molecule has 0 fully saturated rings. The summed E-state index contributed by atoms with van der Waals surface area (Å²) in [6.45, 7) is 4.96. The van der Waals surface area contributed by atoms with Crippen LogP contribution in [-0.2, 0) is 16.4 Å². The summed E-state index contributed by atoms with van der Waals surface area (Å²) in [7, 11) is -3.42. The van der Waals surface area contributed by atoms with E-state index in [1.165, 1.54) is 15.6 Å². The van der Waals surface area contributed by atoms with Crippen LogP contribution in [0.1, 0.15) is 29.1 Å². The highest BCUT2D eigenvalue weighted by atomic mass is 32.2. The maximum absolute atomic E-state index is 12.5. The van der Waals surface area contributed by atoms with Crippen molar-refractivity contribution in [2.75, 3.05) is 25.4 Å². The van der Waals surface area contributed by atoms with Crippen LogP contribution in [0, 0.1) is 0 Å². The van der Waals surface area contributed by atoms with Crippen LogP contribution in [0.3, 0.4) is 0 Å². The van der Waals surface area contributed by atoms with Crippen molar-refractivity contribution in [3.63, 3.8) is 0 Å². The minimum atomic E-state index is -3.42. The third kappa shape index (κ3) is 4.81. The molecule has 3 N–H and O–H groups in total. The fourth-order valence-electron chi connectivity index (χ4n) is 2.40. The molecule has 1 amide bonds. The highest BCUT2D eigenvalue weighted by molar-refractivity contribution is 7.91. The van der Waals surface area contributed by atoms with Gasteiger partial charge in [0.25, 0.3) is 15.9 Å². The van der Waals surface area contributed by atoms with Gasteiger partial charge in [0, 0.05) is 35.8 Å². The molecule has 2 rings (SSSR count). The van der Waals surface area contributed by atoms with Crippen molar-refractivity contribution in [2.45, 2.75) is 24.5 Å². The molecule has 0 aliphatic rings. The van der Waals surface area contributed by atoms with Gasteiger partial charge in [-0.25, -0.2) is 8.42 Å². The highest BCUT2D eigenvalue weighted by Gasteiger charge is 2.23. The summed E-state index contributed by atoms with van der Waals surface area (Å²) in [4.78, 5) is 13.0. The lowest BCUT2D eigenvalue weighted by molar-refractivity contribution is 0.0954. The molecule has 0 saturated carbocycles. The summed E-state index contributed by atoms with van der Waals surface area (Å²) in [6, 6.07) is 10.2. The summed E-state index contributed by atoms with van der Waals surface area (Å²) < 4.78 is 26.7. The van der Waals surface area contributed by atoms with E-state index in [-0.39, 0.29) is 5.91 Å². The van der Waals surface area contributed by atoms with Gasteiger partial charge in [-0.2, -0.15) is 4.31 Å². The number of thiophene rings is 1. The second-order valence-corrected chi connectivity index (χ2v) is 8.77. The number of hydrogen-bond acceptors (Lipinski definition) is 5. The SMILES string of the molecule is CCN(CC)S(=O)(=O)c1ccc(CCNC(=O)c2cccc(N)c2)s1. The van der Waals surface area contributed by atoms with E-state index in [1.54, 1.807) is 36.4 Å². The van der Waals surface area contributed by atoms with Gasteiger partial charge in [-0.15, -0.1) is 11.3 Å². The lowest BCUT2D eigenvalue weighted by atomic mass is 10.2. The first kappa shape index (κ1) is 19.4. The minimum Gasteiger partial charge on any atom is -0.399 e. The van der Waals surface area contributed by atoms with Crippen LogP contribution in [0.4, 0.5) is 5.69 Å². The number of hydrogen-bond donors (Lipinski definition) is 2. The van der Waals surface area contributed by atoms with Gasteiger partial charge >= 0.3 is 0 Å². The molecule has 2 aromatic rings. The number of sulfonamides is 1. The molecule has 8 heteroatoms. The molecule has 0 radical (unpaired) electrons. The van der Waals surface area contributed by atoms with Gasteiger partial charge in [0.1, 0.15) is 4.21 Å². The molecular formula is C17H23N3O3S2. The zero-order chi connectivity index (χ0) is 18.4. The topological polar surface area (TPSA) is 92.5 Å². The molecule has 0 aliphatic heterocycles. The van der Waals surface area contributed by atoms with Crippen LogP contribution in [0.2, 0.25) is 0 Å². The number of nitrogens with two attached hydrogens (primary N) is 1. The van der Waals surface area contributed by atoms with Gasteiger partial charge in [0.2, 0.25) is 0 Å². The molecular weight excluding hydrogens is 358 g/mol. The Morgan fingerprint density at radius 1 is 1.20 bits per heavy atom. The third-order valence-electron chi connectivity index (χ3n) is 3.74. The minimum absolute atomic E-state index is 0.195. The largest absolute Gasteiger partial charge is 0.399 e. The zero-order valence-corrected chi connectivity index (χ0v) is 16.0. The number of amides is 1. The third-order valence-corrected chi connectivity index (χ3v) is 7.40. The van der Waals surface area contributed by atoms with Crippen molar-refractivity contribution in [3.05, 3.63) is 46.8 Å². The number of carbonyl (C=O) groups is 1. The fourth-order valence-corrected chi connectivity index (χ4v) is 5.37. The Morgan fingerprint density at radius 3 is 2.56 bits per heavy atom. The second-order valence-electron chi connectivity index (χ2n) is 5.44. The first-order valence-electron chi connectivity index (χ1n) is 8.11. The molecule has 0 unspecified atom stereocenters. The normalized spacial score (nSPS) is 11.6. The van der Waals surface area contributed by atoms with Crippen molar-refractivity contribution in [2.24, 2.45) is 0 Å². The molecule has 0 spiro atoms. The average Bonchev–Trinajstić information content (AvgIpc) is 3.05. The molecule has 0 atom stereocenters. The Bertz CT molecular complexity index is 827. The van der Waals surface area contributed by atoms with Gasteiger partial charge in [-0.05, 0) is 36.8 Å². The molecule has 0 saturated heterocycles. The number of benzene rings is 1. The van der Waals surface area contributed by atoms with Gasteiger partial charge in [0.05, 0.1) is 0 Å². The number of rotatable bonds is 8. The molecule has 25 heavy (non-hydrogen) atoms. The first-order valence-corrected chi connectivity index (χ1v) is 10.4. The van der Waals surface area contributed by atoms with Gasteiger partial charge in [0.15, 0.2) is 0 Å². The first-order chi connectivity index (χ1) is 11.9. The van der Waals surface area contributed by atoms with E-state index in [0.717, 1.165) is 4.88 Å². The summed E-state index contributed by atoms with van der Waals surface area (Å²) in [5, 5.41) is 2.82. The quantitative estimate of drug-likeness (QED) is 0.687. The number of nitrogens with one attached hydrogen (secondary N) is 1. The van der Waals surface area contributed by atoms with E-state index in [9.17, 15) is 13.2 Å². The average molecular weight is 382 g/mol. The monoisotopic (exact) mass is 381 g/mol. The van der Waals surface area contributed by atoms with Crippen molar-refractivity contribution < 1.29 is 13.2 Å². The molecule has 1 aromatic heterocycles. The van der Waals surface area contributed by atoms with E-state index >= 15 is 0 Å². The standard InChI is InChI=1S/C17H23N3O3S2/c1-3-20(4-2)25(22,23)16-9-8-15(24-16)10-11-19-17(21)13-6-5-7-14(18)12-13/h5-9,12H,3-4,10-11,18H2,1-2H3,(H,19,21). The van der Waals surface area contributed by atoms with Gasteiger partial charge in [-0.1, -0.05) is 19.9 Å².